The van der Waals surface area contributed by atoms with Gasteiger partial charge in [-0.2, -0.15) is 0 Å². The Morgan fingerprint density at radius 3 is 1.38 bits per heavy atom. The average molecular weight is 539 g/mol. The molecule has 6 heteroatoms. The summed E-state index contributed by atoms with van der Waals surface area (Å²) in [5.41, 5.74) is 3.98. The van der Waals surface area contributed by atoms with Gasteiger partial charge in [-0.3, -0.25) is 0 Å². The van der Waals surface area contributed by atoms with E-state index < -0.39 is 30.4 Å². The van der Waals surface area contributed by atoms with Crippen molar-refractivity contribution in [2.24, 2.45) is 0 Å². The van der Waals surface area contributed by atoms with Gasteiger partial charge in [-0.25, -0.2) is 4.79 Å². The zero-order valence-corrected chi connectivity index (χ0v) is 22.3. The van der Waals surface area contributed by atoms with Crippen molar-refractivity contribution in [2.45, 2.75) is 50.8 Å². The first-order chi connectivity index (χ1) is 19.8. The van der Waals surface area contributed by atoms with Gasteiger partial charge in [0, 0.05) is 0 Å². The third-order valence-electron chi connectivity index (χ3n) is 6.73. The second-order valence-corrected chi connectivity index (χ2v) is 9.72. The lowest BCUT2D eigenvalue weighted by molar-refractivity contribution is -0.239. The lowest BCUT2D eigenvalue weighted by atomic mass is 9.98. The van der Waals surface area contributed by atoms with Crippen molar-refractivity contribution in [3.05, 3.63) is 144 Å². The molecule has 4 aromatic rings. The predicted octanol–water partition coefficient (Wildman–Crippen LogP) is 5.88. The van der Waals surface area contributed by atoms with Gasteiger partial charge in [0.1, 0.15) is 12.2 Å². The molecule has 4 aromatic carbocycles. The molecule has 4 atom stereocenters. The summed E-state index contributed by atoms with van der Waals surface area (Å²) in [5.74, 6) is -0.484. The van der Waals surface area contributed by atoms with E-state index in [9.17, 15) is 4.79 Å². The van der Waals surface area contributed by atoms with Crippen LogP contribution < -0.4 is 0 Å². The molecule has 206 valence electrons. The predicted molar refractivity (Wildman–Crippen MR) is 151 cm³/mol. The molecule has 2 unspecified atom stereocenters. The van der Waals surface area contributed by atoms with Gasteiger partial charge in [0.2, 0.25) is 0 Å². The fourth-order valence-corrected chi connectivity index (χ4v) is 4.64. The van der Waals surface area contributed by atoms with Crippen molar-refractivity contribution in [1.29, 1.82) is 0 Å². The highest BCUT2D eigenvalue weighted by molar-refractivity contribution is 5.77. The molecule has 1 aliphatic heterocycles. The summed E-state index contributed by atoms with van der Waals surface area (Å²) in [6, 6.07) is 39.4. The first kappa shape index (κ1) is 27.7. The molecular formula is C34H34O6. The molecule has 0 aliphatic carbocycles. The van der Waals surface area contributed by atoms with Crippen LogP contribution in [0.4, 0.5) is 0 Å². The molecule has 0 spiro atoms. The minimum Gasteiger partial charge on any atom is -0.455 e. The molecule has 1 fully saturated rings. The zero-order chi connectivity index (χ0) is 27.4. The smallest absolute Gasteiger partial charge is 0.338 e. The van der Waals surface area contributed by atoms with Crippen LogP contribution in [0, 0.1) is 0 Å². The number of rotatable bonds is 13. The van der Waals surface area contributed by atoms with Crippen molar-refractivity contribution in [1.82, 2.24) is 0 Å². The maximum atomic E-state index is 13.4. The van der Waals surface area contributed by atoms with E-state index in [0.717, 1.165) is 22.3 Å². The van der Waals surface area contributed by atoms with E-state index in [4.69, 9.17) is 23.7 Å². The molecule has 0 amide bonds. The maximum Gasteiger partial charge on any atom is 0.338 e. The van der Waals surface area contributed by atoms with Crippen molar-refractivity contribution in [2.75, 3.05) is 6.61 Å². The molecule has 0 saturated carbocycles. The summed E-state index contributed by atoms with van der Waals surface area (Å²) in [4.78, 5) is 13.4. The van der Waals surface area contributed by atoms with E-state index in [1.54, 1.807) is 0 Å². The summed E-state index contributed by atoms with van der Waals surface area (Å²) < 4.78 is 31.0. The number of hydrogen-bond donors (Lipinski definition) is 0. The molecule has 1 saturated heterocycles. The van der Waals surface area contributed by atoms with Crippen LogP contribution in [0.5, 0.6) is 0 Å². The Morgan fingerprint density at radius 2 is 0.900 bits per heavy atom. The zero-order valence-electron chi connectivity index (χ0n) is 22.3. The van der Waals surface area contributed by atoms with E-state index in [1.807, 2.05) is 121 Å². The number of benzene rings is 4. The summed E-state index contributed by atoms with van der Waals surface area (Å²) in [7, 11) is 0. The highest BCUT2D eigenvalue weighted by Gasteiger charge is 2.48. The molecule has 0 bridgehead atoms. The van der Waals surface area contributed by atoms with Crippen LogP contribution in [-0.2, 0) is 54.9 Å². The van der Waals surface area contributed by atoms with E-state index >= 15 is 0 Å². The Hall–Kier alpha value is -3.81. The molecule has 1 aliphatic rings. The lowest BCUT2D eigenvalue weighted by Crippen LogP contribution is -2.59. The molecule has 1 heterocycles. The topological polar surface area (TPSA) is 63.2 Å². The molecular weight excluding hydrogens is 504 g/mol. The van der Waals surface area contributed by atoms with Gasteiger partial charge in [-0.15, -0.1) is 0 Å². The van der Waals surface area contributed by atoms with Crippen LogP contribution in [0.25, 0.3) is 0 Å². The Bertz CT molecular complexity index is 1280. The standard InChI is InChI=1S/C34H34O6/c35-34-33(39-24-29-19-11-4-12-20-29)32(38-23-28-17-9-3-10-18-28)31(37-22-27-15-7-2-8-16-27)30(40-34)25-36-21-26-13-5-1-6-14-26/h1-20,30-33H,21-25H2/t30?,31-,32+,33?/m0/s1. The van der Waals surface area contributed by atoms with Gasteiger partial charge in [-0.1, -0.05) is 121 Å². The van der Waals surface area contributed by atoms with E-state index in [-0.39, 0.29) is 13.2 Å². The number of hydrogen-bond acceptors (Lipinski definition) is 6. The SMILES string of the molecule is O=C1OC(COCc2ccccc2)[C@H](OCc2ccccc2)[C@@H](OCc2ccccc2)C1OCc1ccccc1. The highest BCUT2D eigenvalue weighted by atomic mass is 16.6. The van der Waals surface area contributed by atoms with Gasteiger partial charge < -0.3 is 23.7 Å². The Morgan fingerprint density at radius 1 is 0.500 bits per heavy atom. The molecule has 6 nitrogen and oxygen atoms in total. The van der Waals surface area contributed by atoms with Gasteiger partial charge in [0.15, 0.2) is 12.2 Å². The van der Waals surface area contributed by atoms with E-state index in [0.29, 0.717) is 19.8 Å². The normalized spacial score (nSPS) is 20.6. The fourth-order valence-electron chi connectivity index (χ4n) is 4.64. The van der Waals surface area contributed by atoms with Crippen LogP contribution >= 0.6 is 0 Å². The lowest BCUT2D eigenvalue weighted by Gasteiger charge is -2.41. The third kappa shape index (κ3) is 7.87. The van der Waals surface area contributed by atoms with Gasteiger partial charge in [-0.05, 0) is 22.3 Å². The van der Waals surface area contributed by atoms with Crippen molar-refractivity contribution in [3.8, 4) is 0 Å². The second-order valence-electron chi connectivity index (χ2n) is 9.72. The van der Waals surface area contributed by atoms with E-state index in [1.165, 1.54) is 0 Å². The quantitative estimate of drug-likeness (QED) is 0.198. The fraction of sp³-hybridized carbons (Fsp3) is 0.265. The van der Waals surface area contributed by atoms with Crippen LogP contribution in [-0.4, -0.2) is 37.0 Å². The summed E-state index contributed by atoms with van der Waals surface area (Å²) in [6.45, 7) is 1.43. The van der Waals surface area contributed by atoms with Crippen molar-refractivity contribution >= 4 is 5.97 Å². The van der Waals surface area contributed by atoms with Crippen molar-refractivity contribution in [3.63, 3.8) is 0 Å². The Kier molecular flexibility index (Phi) is 10.1. The van der Waals surface area contributed by atoms with Gasteiger partial charge in [0.25, 0.3) is 0 Å². The van der Waals surface area contributed by atoms with Gasteiger partial charge in [0.05, 0.1) is 33.0 Å². The summed E-state index contributed by atoms with van der Waals surface area (Å²) in [5, 5.41) is 0. The minimum absolute atomic E-state index is 0.163. The van der Waals surface area contributed by atoms with Crippen LogP contribution in [0.3, 0.4) is 0 Å². The number of cyclic esters (lactones) is 1. The van der Waals surface area contributed by atoms with Crippen molar-refractivity contribution < 1.29 is 28.5 Å². The summed E-state index contributed by atoms with van der Waals surface area (Å²) >= 11 is 0. The molecule has 5 rings (SSSR count). The minimum atomic E-state index is -0.963. The van der Waals surface area contributed by atoms with E-state index in [2.05, 4.69) is 0 Å². The highest BCUT2D eigenvalue weighted by Crippen LogP contribution is 2.28. The number of carbonyl (C=O) groups excluding carboxylic acids is 1. The first-order valence-electron chi connectivity index (χ1n) is 13.5. The molecule has 0 radical (unpaired) electrons. The number of ether oxygens (including phenoxy) is 5. The van der Waals surface area contributed by atoms with Gasteiger partial charge >= 0.3 is 5.97 Å². The average Bonchev–Trinajstić information content (AvgIpc) is 3.01. The second kappa shape index (κ2) is 14.5. The Labute approximate surface area is 235 Å². The molecule has 0 aromatic heterocycles. The monoisotopic (exact) mass is 538 g/mol. The first-order valence-corrected chi connectivity index (χ1v) is 13.5. The Balaban J connectivity index is 1.36. The number of carbonyl (C=O) groups is 1. The molecule has 0 N–H and O–H groups in total. The maximum absolute atomic E-state index is 13.4. The van der Waals surface area contributed by atoms with Crippen LogP contribution in [0.15, 0.2) is 121 Å². The van der Waals surface area contributed by atoms with Crippen LogP contribution in [0.2, 0.25) is 0 Å². The number of esters is 1. The van der Waals surface area contributed by atoms with Crippen LogP contribution in [0.1, 0.15) is 22.3 Å². The molecule has 40 heavy (non-hydrogen) atoms. The third-order valence-corrected chi connectivity index (χ3v) is 6.73. The largest absolute Gasteiger partial charge is 0.455 e. The summed E-state index contributed by atoms with van der Waals surface area (Å²) in [6.07, 6.45) is -2.95.